The molecule has 0 amide bonds. The molecule has 0 saturated heterocycles. The third kappa shape index (κ3) is 2.46. The van der Waals surface area contributed by atoms with E-state index in [0.29, 0.717) is 0 Å². The van der Waals surface area contributed by atoms with E-state index in [1.165, 1.54) is 50.1 Å². The van der Waals surface area contributed by atoms with Crippen LogP contribution in [-0.4, -0.2) is 0 Å². The molecule has 0 spiro atoms. The van der Waals surface area contributed by atoms with E-state index >= 15 is 0 Å². The van der Waals surface area contributed by atoms with Crippen molar-refractivity contribution in [1.29, 1.82) is 0 Å². The molecule has 65 valence electrons. The van der Waals surface area contributed by atoms with E-state index in [-0.39, 0.29) is 24.8 Å². The molecular weight excluding hydrogens is 357 g/mol. The molecule has 0 radical (unpaired) electrons. The van der Waals surface area contributed by atoms with Crippen LogP contribution in [0.15, 0.2) is 23.3 Å². The van der Waals surface area contributed by atoms with Gasteiger partial charge in [0.25, 0.3) is 0 Å². The molecule has 3 heteroatoms. The van der Waals surface area contributed by atoms with Crippen molar-refractivity contribution in [2.24, 2.45) is 0 Å². The molecule has 1 unspecified atom stereocenters. The summed E-state index contributed by atoms with van der Waals surface area (Å²) in [6, 6.07) is 0. The van der Waals surface area contributed by atoms with Crippen molar-refractivity contribution in [2.45, 2.75) is 29.4 Å². The average molecular weight is 369 g/mol. The molecule has 0 fully saturated rings. The summed E-state index contributed by atoms with van der Waals surface area (Å²) >= 11 is 1.33. The van der Waals surface area contributed by atoms with E-state index in [1.807, 2.05) is 0 Å². The van der Waals surface area contributed by atoms with Gasteiger partial charge in [-0.3, -0.25) is 0 Å². The zero-order valence-corrected chi connectivity index (χ0v) is 11.9. The van der Waals surface area contributed by atoms with Crippen LogP contribution < -0.4 is 24.8 Å². The van der Waals surface area contributed by atoms with Gasteiger partial charge in [0.1, 0.15) is 0 Å². The number of hydrogen-bond acceptors (Lipinski definition) is 0. The van der Waals surface area contributed by atoms with Crippen molar-refractivity contribution in [3.05, 3.63) is 23.3 Å². The second-order valence-corrected chi connectivity index (χ2v) is 5.33. The van der Waals surface area contributed by atoms with Crippen LogP contribution in [0.3, 0.4) is 0 Å². The summed E-state index contributed by atoms with van der Waals surface area (Å²) in [6.45, 7) is 0. The molecule has 0 aromatic carbocycles. The van der Waals surface area contributed by atoms with E-state index < -0.39 is 0 Å². The summed E-state index contributed by atoms with van der Waals surface area (Å²) in [4.78, 5) is 0. The van der Waals surface area contributed by atoms with Gasteiger partial charge in [0.2, 0.25) is 0 Å². The summed E-state index contributed by atoms with van der Waals surface area (Å²) in [5, 5.41) is 0. The van der Waals surface area contributed by atoms with Gasteiger partial charge < -0.3 is 24.8 Å². The second kappa shape index (κ2) is 5.62. The van der Waals surface area contributed by atoms with Gasteiger partial charge in [-0.05, 0) is 0 Å². The molecule has 0 heterocycles. The Morgan fingerprint density at radius 1 is 1.17 bits per heavy atom. The number of halogens is 2. The molecule has 0 nitrogen and oxygen atoms in total. The molecule has 1 atom stereocenters. The first-order valence-corrected chi connectivity index (χ1v) is 6.06. The van der Waals surface area contributed by atoms with Gasteiger partial charge in [0.15, 0.2) is 0 Å². The van der Waals surface area contributed by atoms with E-state index in [0.717, 1.165) is 3.67 Å². The molecule has 0 aliphatic heterocycles. The Kier molecular flexibility index (Phi) is 6.05. The minimum absolute atomic E-state index is 0. The fraction of sp³-hybridized carbons (Fsp3) is 0.556. The normalized spacial score (nSPS) is 26.0. The zero-order chi connectivity index (χ0) is 6.97. The minimum atomic E-state index is 0. The summed E-state index contributed by atoms with van der Waals surface area (Å²) in [7, 11) is 0. The first-order chi connectivity index (χ1) is 4.88. The predicted molar refractivity (Wildman–Crippen MR) is 38.4 cm³/mol. The second-order valence-electron chi connectivity index (χ2n) is 3.09. The van der Waals surface area contributed by atoms with Crippen molar-refractivity contribution in [2.75, 3.05) is 0 Å². The van der Waals surface area contributed by atoms with Gasteiger partial charge in [-0.25, -0.2) is 0 Å². The van der Waals surface area contributed by atoms with Crippen molar-refractivity contribution in [3.8, 4) is 0 Å². The van der Waals surface area contributed by atoms with Crippen molar-refractivity contribution in [1.82, 2.24) is 0 Å². The van der Waals surface area contributed by atoms with Gasteiger partial charge >= 0.3 is 77.0 Å². The zero-order valence-electron chi connectivity index (χ0n) is 6.82. The predicted octanol–water partition coefficient (Wildman–Crippen LogP) is -3.23. The molecule has 0 N–H and O–H groups in total. The van der Waals surface area contributed by atoms with Crippen LogP contribution in [0, 0.1) is 0 Å². The molecule has 0 aromatic heterocycles. The Balaban J connectivity index is 0.000000605. The van der Waals surface area contributed by atoms with Crippen LogP contribution >= 0.6 is 0 Å². The molecule has 2 aliphatic rings. The van der Waals surface area contributed by atoms with Crippen molar-refractivity contribution >= 4 is 0 Å². The van der Waals surface area contributed by atoms with E-state index in [1.54, 1.807) is 11.1 Å². The Labute approximate surface area is 101 Å². The molecular formula is C9H11Cl2Hf. The summed E-state index contributed by atoms with van der Waals surface area (Å²) in [6.07, 6.45) is 10.4. The molecule has 12 heavy (non-hydrogen) atoms. The van der Waals surface area contributed by atoms with Crippen molar-refractivity contribution < 1.29 is 49.2 Å². The molecule has 2 aliphatic carbocycles. The fourth-order valence-corrected chi connectivity index (χ4v) is 3.36. The van der Waals surface area contributed by atoms with Crippen LogP contribution in [0.25, 0.3) is 0 Å². The van der Waals surface area contributed by atoms with Crippen molar-refractivity contribution in [3.63, 3.8) is 0 Å². The van der Waals surface area contributed by atoms with E-state index in [2.05, 4.69) is 12.2 Å². The number of allylic oxidation sites excluding steroid dienone is 4. The van der Waals surface area contributed by atoms with Gasteiger partial charge in [0.05, 0.1) is 0 Å². The Morgan fingerprint density at radius 3 is 2.50 bits per heavy atom. The quantitative estimate of drug-likeness (QED) is 0.395. The molecule has 0 saturated carbocycles. The summed E-state index contributed by atoms with van der Waals surface area (Å²) in [5.74, 6) is 0. The molecule has 0 aromatic rings. The Hall–Kier alpha value is 0.930. The summed E-state index contributed by atoms with van der Waals surface area (Å²) in [5.41, 5.74) is 3.48. The van der Waals surface area contributed by atoms with E-state index in [9.17, 15) is 0 Å². The van der Waals surface area contributed by atoms with Gasteiger partial charge in [-0.1, -0.05) is 0 Å². The van der Waals surface area contributed by atoms with E-state index in [4.69, 9.17) is 0 Å². The Morgan fingerprint density at radius 2 is 1.83 bits per heavy atom. The monoisotopic (exact) mass is 369 g/mol. The first kappa shape index (κ1) is 12.9. The third-order valence-electron chi connectivity index (χ3n) is 2.42. The SMILES string of the molecule is [Cl-].[Cl-].[Hf+2][CH]1C=CC2=C1CCCC2. The van der Waals surface area contributed by atoms with Gasteiger partial charge in [-0.2, -0.15) is 0 Å². The third-order valence-corrected chi connectivity index (χ3v) is 4.36. The topological polar surface area (TPSA) is 0 Å². The molecule has 2 rings (SSSR count). The Bertz CT molecular complexity index is 209. The van der Waals surface area contributed by atoms with Gasteiger partial charge in [-0.15, -0.1) is 0 Å². The van der Waals surface area contributed by atoms with Gasteiger partial charge in [0, 0.05) is 0 Å². The standard InChI is InChI=1S/C9H11.2ClH.Hf/c1-2-5-9-7-3-6-8(9)4-1;;;/h3,6-7H,1-2,4-5H2;2*1H;/q;;;+2/p-2. The van der Waals surface area contributed by atoms with Crippen LogP contribution in [0.5, 0.6) is 0 Å². The number of rotatable bonds is 0. The van der Waals surface area contributed by atoms with Crippen LogP contribution in [0.4, 0.5) is 0 Å². The molecule has 0 bridgehead atoms. The first-order valence-electron chi connectivity index (χ1n) is 3.99. The maximum atomic E-state index is 2.40. The average Bonchev–Trinajstić information content (AvgIpc) is 2.34. The number of hydrogen-bond donors (Lipinski definition) is 0. The summed E-state index contributed by atoms with van der Waals surface area (Å²) < 4.78 is 0.898. The van der Waals surface area contributed by atoms with Crippen LogP contribution in [-0.2, 0) is 24.4 Å². The van der Waals surface area contributed by atoms with Crippen LogP contribution in [0.2, 0.25) is 3.67 Å². The fourth-order valence-electron chi connectivity index (χ4n) is 1.83. The van der Waals surface area contributed by atoms with Crippen LogP contribution in [0.1, 0.15) is 25.7 Å². The maximum absolute atomic E-state index is 2.40.